The van der Waals surface area contributed by atoms with E-state index in [0.717, 1.165) is 0 Å². The van der Waals surface area contributed by atoms with Gasteiger partial charge in [0.25, 0.3) is 10.0 Å². The van der Waals surface area contributed by atoms with Crippen LogP contribution in [0.25, 0.3) is 0 Å². The smallest absolute Gasteiger partial charge is 0.261 e. The van der Waals surface area contributed by atoms with Gasteiger partial charge < -0.3 is 10.2 Å². The lowest BCUT2D eigenvalue weighted by Crippen LogP contribution is -2.33. The molecule has 27 heavy (non-hydrogen) atoms. The molecule has 1 aliphatic heterocycles. The highest BCUT2D eigenvalue weighted by molar-refractivity contribution is 7.92. The first-order chi connectivity index (χ1) is 12.5. The Bertz CT molecular complexity index is 1030. The van der Waals surface area contributed by atoms with Gasteiger partial charge in [0.05, 0.1) is 10.3 Å². The van der Waals surface area contributed by atoms with Gasteiger partial charge in [-0.15, -0.1) is 0 Å². The van der Waals surface area contributed by atoms with Gasteiger partial charge in [-0.3, -0.25) is 14.3 Å². The molecule has 0 fully saturated rings. The Labute approximate surface area is 158 Å². The number of hydrogen-bond acceptors (Lipinski definition) is 4. The summed E-state index contributed by atoms with van der Waals surface area (Å²) in [6.45, 7) is 4.96. The third-order valence-corrected chi connectivity index (χ3v) is 5.99. The molecule has 0 bridgehead atoms. The Hall–Kier alpha value is -2.87. The predicted molar refractivity (Wildman–Crippen MR) is 104 cm³/mol. The quantitative estimate of drug-likeness (QED) is 0.843. The van der Waals surface area contributed by atoms with Crippen LogP contribution < -0.4 is 14.9 Å². The van der Waals surface area contributed by atoms with Crippen LogP contribution in [0, 0.1) is 0 Å². The monoisotopic (exact) mass is 387 g/mol. The highest BCUT2D eigenvalue weighted by Gasteiger charge is 2.42. The third kappa shape index (κ3) is 3.40. The lowest BCUT2D eigenvalue weighted by Gasteiger charge is -2.17. The molecule has 0 unspecified atom stereocenters. The minimum absolute atomic E-state index is 0.0754. The molecule has 2 aromatic rings. The molecule has 2 N–H and O–H groups in total. The van der Waals surface area contributed by atoms with E-state index >= 15 is 0 Å². The molecule has 1 aliphatic rings. The molecule has 0 aromatic heterocycles. The molecule has 0 saturated heterocycles. The van der Waals surface area contributed by atoms with Gasteiger partial charge in [0.2, 0.25) is 11.8 Å². The van der Waals surface area contributed by atoms with Gasteiger partial charge in [-0.2, -0.15) is 0 Å². The molecule has 8 heteroatoms. The zero-order chi connectivity index (χ0) is 20.0. The fourth-order valence-electron chi connectivity index (χ4n) is 3.16. The van der Waals surface area contributed by atoms with E-state index in [0.29, 0.717) is 22.6 Å². The molecule has 2 aromatic carbocycles. The van der Waals surface area contributed by atoms with Crippen molar-refractivity contribution >= 4 is 38.9 Å². The number of hydrogen-bond donors (Lipinski definition) is 2. The van der Waals surface area contributed by atoms with Gasteiger partial charge in [-0.05, 0) is 61.9 Å². The zero-order valence-electron chi connectivity index (χ0n) is 15.5. The molecule has 0 spiro atoms. The first-order valence-corrected chi connectivity index (χ1v) is 9.84. The number of anilines is 3. The fourth-order valence-corrected chi connectivity index (χ4v) is 4.24. The van der Waals surface area contributed by atoms with E-state index in [-0.39, 0.29) is 16.7 Å². The predicted octanol–water partition coefficient (Wildman–Crippen LogP) is 2.70. The van der Waals surface area contributed by atoms with Crippen molar-refractivity contribution in [3.05, 3.63) is 48.0 Å². The second kappa shape index (κ2) is 6.38. The van der Waals surface area contributed by atoms with Crippen molar-refractivity contribution in [1.29, 1.82) is 0 Å². The molecule has 142 valence electrons. The topological polar surface area (TPSA) is 95.6 Å². The summed E-state index contributed by atoms with van der Waals surface area (Å²) in [6, 6.07) is 11.0. The number of carbonyl (C=O) groups excluding carboxylic acids is 2. The van der Waals surface area contributed by atoms with Crippen LogP contribution in [-0.4, -0.2) is 27.3 Å². The van der Waals surface area contributed by atoms with Gasteiger partial charge in [-0.1, -0.05) is 0 Å². The normalized spacial score (nSPS) is 15.4. The summed E-state index contributed by atoms with van der Waals surface area (Å²) < 4.78 is 28.0. The van der Waals surface area contributed by atoms with E-state index in [1.54, 1.807) is 62.2 Å². The molecule has 3 rings (SSSR count). The molecule has 0 atom stereocenters. The van der Waals surface area contributed by atoms with E-state index in [4.69, 9.17) is 0 Å². The van der Waals surface area contributed by atoms with Crippen molar-refractivity contribution in [2.45, 2.75) is 31.1 Å². The van der Waals surface area contributed by atoms with Crippen LogP contribution in [0.2, 0.25) is 0 Å². The number of rotatable bonds is 4. The molecule has 1 heterocycles. The molecule has 0 aliphatic carbocycles. The molecular formula is C19H21N3O4S. The number of nitrogens with zero attached hydrogens (tertiary/aromatic N) is 1. The highest BCUT2D eigenvalue weighted by atomic mass is 32.2. The van der Waals surface area contributed by atoms with Crippen LogP contribution >= 0.6 is 0 Å². The van der Waals surface area contributed by atoms with Gasteiger partial charge >= 0.3 is 0 Å². The van der Waals surface area contributed by atoms with Gasteiger partial charge in [-0.25, -0.2) is 8.42 Å². The van der Waals surface area contributed by atoms with Gasteiger partial charge in [0.1, 0.15) is 0 Å². The average molecular weight is 387 g/mol. The minimum Gasteiger partial charge on any atom is -0.326 e. The largest absolute Gasteiger partial charge is 0.326 e. The van der Waals surface area contributed by atoms with Crippen molar-refractivity contribution < 1.29 is 18.0 Å². The number of amides is 2. The van der Waals surface area contributed by atoms with Crippen LogP contribution in [0.1, 0.15) is 26.3 Å². The van der Waals surface area contributed by atoms with Crippen molar-refractivity contribution in [3.8, 4) is 0 Å². The Kier molecular flexibility index (Phi) is 4.47. The standard InChI is InChI=1S/C19H21N3O4S/c1-12(23)20-13-5-7-14(8-6-13)21-27(25,26)15-9-10-17-16(11-15)19(2,3)18(24)22(17)4/h5-11,21H,1-4H3,(H,20,23). The summed E-state index contributed by atoms with van der Waals surface area (Å²) in [7, 11) is -2.14. The van der Waals surface area contributed by atoms with Crippen molar-refractivity contribution in [3.63, 3.8) is 0 Å². The van der Waals surface area contributed by atoms with Crippen molar-refractivity contribution in [2.24, 2.45) is 0 Å². The summed E-state index contributed by atoms with van der Waals surface area (Å²) in [5.41, 5.74) is 1.56. The minimum atomic E-state index is -3.82. The Morgan fingerprint density at radius 1 is 1.04 bits per heavy atom. The number of carbonyl (C=O) groups is 2. The highest BCUT2D eigenvalue weighted by Crippen LogP contribution is 2.41. The summed E-state index contributed by atoms with van der Waals surface area (Å²) in [5.74, 6) is -0.280. The van der Waals surface area contributed by atoms with Crippen molar-refractivity contribution in [2.75, 3.05) is 22.0 Å². The number of likely N-dealkylation sites (N-methyl/N-ethyl adjacent to an activating group) is 1. The summed E-state index contributed by atoms with van der Waals surface area (Å²) in [6.07, 6.45) is 0. The van der Waals surface area contributed by atoms with E-state index in [2.05, 4.69) is 10.0 Å². The third-order valence-electron chi connectivity index (χ3n) is 4.61. The molecule has 0 radical (unpaired) electrons. The first-order valence-electron chi connectivity index (χ1n) is 8.35. The van der Waals surface area contributed by atoms with Crippen molar-refractivity contribution in [1.82, 2.24) is 0 Å². The lowest BCUT2D eigenvalue weighted by molar-refractivity contribution is -0.121. The Morgan fingerprint density at radius 3 is 2.22 bits per heavy atom. The summed E-state index contributed by atoms with van der Waals surface area (Å²) in [4.78, 5) is 25.1. The van der Waals surface area contributed by atoms with Crippen LogP contribution in [-0.2, 0) is 25.0 Å². The molecule has 7 nitrogen and oxygen atoms in total. The van der Waals surface area contributed by atoms with Crippen LogP contribution in [0.5, 0.6) is 0 Å². The summed E-state index contributed by atoms with van der Waals surface area (Å²) in [5, 5.41) is 2.62. The average Bonchev–Trinajstić information content (AvgIpc) is 2.76. The van der Waals surface area contributed by atoms with E-state index < -0.39 is 15.4 Å². The number of nitrogens with one attached hydrogen (secondary N) is 2. The summed E-state index contributed by atoms with van der Waals surface area (Å²) >= 11 is 0. The van der Waals surface area contributed by atoms with Crippen LogP contribution in [0.3, 0.4) is 0 Å². The van der Waals surface area contributed by atoms with Gasteiger partial charge in [0.15, 0.2) is 0 Å². The maximum atomic E-state index is 12.8. The Balaban J connectivity index is 1.89. The van der Waals surface area contributed by atoms with E-state index in [1.807, 2.05) is 0 Å². The van der Waals surface area contributed by atoms with Crippen LogP contribution in [0.15, 0.2) is 47.4 Å². The maximum Gasteiger partial charge on any atom is 0.261 e. The van der Waals surface area contributed by atoms with E-state index in [9.17, 15) is 18.0 Å². The molecule has 2 amide bonds. The Morgan fingerprint density at radius 2 is 1.63 bits per heavy atom. The molecule has 0 saturated carbocycles. The first kappa shape index (κ1) is 18.9. The zero-order valence-corrected chi connectivity index (χ0v) is 16.3. The number of fused-ring (bicyclic) bond motifs is 1. The number of sulfonamides is 1. The second-order valence-corrected chi connectivity index (χ2v) is 8.71. The van der Waals surface area contributed by atoms with Crippen LogP contribution in [0.4, 0.5) is 17.1 Å². The maximum absolute atomic E-state index is 12.8. The molecular weight excluding hydrogens is 366 g/mol. The lowest BCUT2D eigenvalue weighted by atomic mass is 9.86. The SMILES string of the molecule is CC(=O)Nc1ccc(NS(=O)(=O)c2ccc3c(c2)C(C)(C)C(=O)N3C)cc1. The van der Waals surface area contributed by atoms with E-state index in [1.165, 1.54) is 13.0 Å². The van der Waals surface area contributed by atoms with Gasteiger partial charge in [0, 0.05) is 31.0 Å². The fraction of sp³-hybridized carbons (Fsp3) is 0.263. The number of benzene rings is 2. The second-order valence-electron chi connectivity index (χ2n) is 7.03.